The third-order valence-corrected chi connectivity index (χ3v) is 6.58. The monoisotopic (exact) mass is 547 g/mol. The zero-order valence-electron chi connectivity index (χ0n) is 23.6. The second-order valence-corrected chi connectivity index (χ2v) is 10.6. The van der Waals surface area contributed by atoms with Gasteiger partial charge in [-0.15, -0.1) is 0 Å². The van der Waals surface area contributed by atoms with Gasteiger partial charge in [-0.3, -0.25) is 0 Å². The molecule has 0 unspecified atom stereocenters. The molecule has 0 spiro atoms. The Morgan fingerprint density at radius 3 is 2.27 bits per heavy atom. The summed E-state index contributed by atoms with van der Waals surface area (Å²) >= 11 is 0. The van der Waals surface area contributed by atoms with Crippen molar-refractivity contribution in [2.75, 3.05) is 23.1 Å². The Morgan fingerprint density at radius 2 is 1.51 bits per heavy atom. The molecule has 0 saturated carbocycles. The predicted octanol–water partition coefficient (Wildman–Crippen LogP) is 7.98. The molecule has 8 nitrogen and oxygen atoms in total. The SMILES string of the molecule is COc1ccc(C(C)(C)C)cc1NC(=O)Nc1ccc(Oc2ccnc(NCc3ccccc3)n2)c2ccccc12. The Hall–Kier alpha value is -5.11. The summed E-state index contributed by atoms with van der Waals surface area (Å²) in [6.45, 7) is 6.97. The molecule has 1 heterocycles. The second kappa shape index (κ2) is 12.0. The summed E-state index contributed by atoms with van der Waals surface area (Å²) in [5, 5.41) is 10.8. The third kappa shape index (κ3) is 6.73. The van der Waals surface area contributed by atoms with Crippen molar-refractivity contribution in [3.05, 3.63) is 108 Å². The number of aromatic nitrogens is 2. The van der Waals surface area contributed by atoms with Crippen LogP contribution in [0.3, 0.4) is 0 Å². The zero-order chi connectivity index (χ0) is 28.8. The molecule has 41 heavy (non-hydrogen) atoms. The van der Waals surface area contributed by atoms with Crippen molar-refractivity contribution in [2.45, 2.75) is 32.7 Å². The molecule has 0 radical (unpaired) electrons. The average Bonchev–Trinajstić information content (AvgIpc) is 2.97. The first kappa shape index (κ1) is 27.5. The lowest BCUT2D eigenvalue weighted by atomic mass is 9.87. The van der Waals surface area contributed by atoms with Crippen LogP contribution in [0.25, 0.3) is 10.8 Å². The standard InChI is InChI=1S/C33H33N5O3/c1-33(2,3)23-14-16-29(40-4)27(20-23)37-32(39)36-26-15-17-28(25-13-9-8-12-24(25)26)41-30-18-19-34-31(38-30)35-21-22-10-6-5-7-11-22/h5-20H,21H2,1-4H3,(H,34,35,38)(H2,36,37,39). The van der Waals surface area contributed by atoms with Gasteiger partial charge in [-0.2, -0.15) is 4.98 Å². The van der Waals surface area contributed by atoms with E-state index in [1.807, 2.05) is 84.9 Å². The van der Waals surface area contributed by atoms with E-state index < -0.39 is 0 Å². The van der Waals surface area contributed by atoms with Gasteiger partial charge in [0.2, 0.25) is 11.8 Å². The van der Waals surface area contributed by atoms with Gasteiger partial charge in [-0.25, -0.2) is 9.78 Å². The summed E-state index contributed by atoms with van der Waals surface area (Å²) in [7, 11) is 1.58. The molecule has 0 fully saturated rings. The van der Waals surface area contributed by atoms with E-state index in [0.717, 1.165) is 21.9 Å². The molecule has 0 saturated heterocycles. The number of carbonyl (C=O) groups excluding carboxylic acids is 1. The van der Waals surface area contributed by atoms with Gasteiger partial charge in [-0.1, -0.05) is 81.4 Å². The molecule has 1 aromatic heterocycles. The van der Waals surface area contributed by atoms with Crippen LogP contribution in [0, 0.1) is 0 Å². The Kier molecular flexibility index (Phi) is 8.01. The predicted molar refractivity (Wildman–Crippen MR) is 164 cm³/mol. The highest BCUT2D eigenvalue weighted by atomic mass is 16.5. The summed E-state index contributed by atoms with van der Waals surface area (Å²) in [6, 6.07) is 28.5. The van der Waals surface area contributed by atoms with Crippen molar-refractivity contribution in [2.24, 2.45) is 0 Å². The van der Waals surface area contributed by atoms with E-state index in [4.69, 9.17) is 9.47 Å². The Morgan fingerprint density at radius 1 is 0.805 bits per heavy atom. The largest absolute Gasteiger partial charge is 0.495 e. The first-order chi connectivity index (χ1) is 19.8. The van der Waals surface area contributed by atoms with Gasteiger partial charge in [0.1, 0.15) is 11.5 Å². The first-order valence-electron chi connectivity index (χ1n) is 13.4. The van der Waals surface area contributed by atoms with Crippen LogP contribution < -0.4 is 25.4 Å². The van der Waals surface area contributed by atoms with Gasteiger partial charge in [0, 0.05) is 29.6 Å². The van der Waals surface area contributed by atoms with E-state index in [-0.39, 0.29) is 11.4 Å². The van der Waals surface area contributed by atoms with Crippen LogP contribution in [0.15, 0.2) is 97.2 Å². The number of benzene rings is 4. The van der Waals surface area contributed by atoms with Crippen molar-refractivity contribution in [1.29, 1.82) is 0 Å². The Bertz CT molecular complexity index is 1670. The lowest BCUT2D eigenvalue weighted by Crippen LogP contribution is -2.21. The number of hydrogen-bond donors (Lipinski definition) is 3. The molecular weight excluding hydrogens is 514 g/mol. The first-order valence-corrected chi connectivity index (χ1v) is 13.4. The van der Waals surface area contributed by atoms with Crippen molar-refractivity contribution in [3.63, 3.8) is 0 Å². The summed E-state index contributed by atoms with van der Waals surface area (Å²) in [6.07, 6.45) is 1.65. The highest BCUT2D eigenvalue weighted by Crippen LogP contribution is 2.35. The van der Waals surface area contributed by atoms with Crippen molar-refractivity contribution >= 4 is 34.1 Å². The Balaban J connectivity index is 1.33. The summed E-state index contributed by atoms with van der Waals surface area (Å²) in [5.41, 5.74) is 3.38. The molecular formula is C33H33N5O3. The van der Waals surface area contributed by atoms with Crippen molar-refractivity contribution in [3.8, 4) is 17.4 Å². The number of hydrogen-bond acceptors (Lipinski definition) is 6. The number of nitrogens with zero attached hydrogens (tertiary/aromatic N) is 2. The molecule has 5 rings (SSSR count). The third-order valence-electron chi connectivity index (χ3n) is 6.58. The number of ether oxygens (including phenoxy) is 2. The molecule has 2 amide bonds. The number of nitrogens with one attached hydrogen (secondary N) is 3. The molecule has 0 aliphatic heterocycles. The van der Waals surface area contributed by atoms with Gasteiger partial charge < -0.3 is 25.4 Å². The highest BCUT2D eigenvalue weighted by Gasteiger charge is 2.18. The van der Waals surface area contributed by atoms with Crippen LogP contribution in [-0.2, 0) is 12.0 Å². The molecule has 0 bridgehead atoms. The van der Waals surface area contributed by atoms with Crippen LogP contribution >= 0.6 is 0 Å². The summed E-state index contributed by atoms with van der Waals surface area (Å²) in [5.74, 6) is 2.07. The molecule has 3 N–H and O–H groups in total. The molecule has 0 atom stereocenters. The smallest absolute Gasteiger partial charge is 0.323 e. The maximum absolute atomic E-state index is 13.1. The quantitative estimate of drug-likeness (QED) is 0.182. The van der Waals surface area contributed by atoms with Crippen LogP contribution in [0.2, 0.25) is 0 Å². The fraction of sp³-hybridized carbons (Fsp3) is 0.182. The minimum Gasteiger partial charge on any atom is -0.495 e. The maximum Gasteiger partial charge on any atom is 0.323 e. The number of methoxy groups -OCH3 is 1. The lowest BCUT2D eigenvalue weighted by molar-refractivity contribution is 0.262. The number of carbonyl (C=O) groups is 1. The summed E-state index contributed by atoms with van der Waals surface area (Å²) in [4.78, 5) is 21.9. The molecule has 0 aliphatic rings. The van der Waals surface area contributed by atoms with Gasteiger partial charge in [0.05, 0.1) is 18.5 Å². The van der Waals surface area contributed by atoms with E-state index in [1.54, 1.807) is 19.4 Å². The van der Waals surface area contributed by atoms with Gasteiger partial charge in [0.15, 0.2) is 0 Å². The van der Waals surface area contributed by atoms with E-state index in [9.17, 15) is 4.79 Å². The van der Waals surface area contributed by atoms with Crippen molar-refractivity contribution in [1.82, 2.24) is 9.97 Å². The van der Waals surface area contributed by atoms with Crippen LogP contribution in [-0.4, -0.2) is 23.1 Å². The van der Waals surface area contributed by atoms with Gasteiger partial charge in [-0.05, 0) is 40.8 Å². The van der Waals surface area contributed by atoms with E-state index in [0.29, 0.717) is 41.2 Å². The summed E-state index contributed by atoms with van der Waals surface area (Å²) < 4.78 is 11.7. The van der Waals surface area contributed by atoms with E-state index in [1.165, 1.54) is 0 Å². The van der Waals surface area contributed by atoms with Gasteiger partial charge >= 0.3 is 6.03 Å². The van der Waals surface area contributed by atoms with Crippen LogP contribution in [0.1, 0.15) is 31.9 Å². The fourth-order valence-corrected chi connectivity index (χ4v) is 4.39. The maximum atomic E-state index is 13.1. The van der Waals surface area contributed by atoms with Crippen LogP contribution in [0.4, 0.5) is 22.1 Å². The second-order valence-electron chi connectivity index (χ2n) is 10.6. The number of rotatable bonds is 8. The average molecular weight is 548 g/mol. The number of urea groups is 1. The molecule has 4 aromatic carbocycles. The topological polar surface area (TPSA) is 97.4 Å². The molecule has 5 aromatic rings. The van der Waals surface area contributed by atoms with Gasteiger partial charge in [0.25, 0.3) is 0 Å². The fourth-order valence-electron chi connectivity index (χ4n) is 4.39. The van der Waals surface area contributed by atoms with Crippen LogP contribution in [0.5, 0.6) is 17.4 Å². The normalized spacial score (nSPS) is 11.1. The molecule has 0 aliphatic carbocycles. The minimum atomic E-state index is -0.377. The van der Waals surface area contributed by atoms with E-state index in [2.05, 4.69) is 46.7 Å². The number of amides is 2. The molecule has 8 heteroatoms. The zero-order valence-corrected chi connectivity index (χ0v) is 23.6. The minimum absolute atomic E-state index is 0.0758. The van der Waals surface area contributed by atoms with E-state index >= 15 is 0 Å². The lowest BCUT2D eigenvalue weighted by Gasteiger charge is -2.21. The molecule has 208 valence electrons. The number of anilines is 3. The highest BCUT2D eigenvalue weighted by molar-refractivity contribution is 6.08. The Labute approximate surface area is 239 Å². The van der Waals surface area contributed by atoms with Crippen molar-refractivity contribution < 1.29 is 14.3 Å². The number of fused-ring (bicyclic) bond motifs is 1.